The van der Waals surface area contributed by atoms with E-state index in [9.17, 15) is 0 Å². The van der Waals surface area contributed by atoms with Gasteiger partial charge in [0.25, 0.3) is 0 Å². The molecular weight excluding hydrogens is 165 g/mol. The van der Waals surface area contributed by atoms with Crippen molar-refractivity contribution in [3.8, 4) is 0 Å². The fourth-order valence-corrected chi connectivity index (χ4v) is 1.37. The Morgan fingerprint density at radius 3 is 2.30 bits per heavy atom. The summed E-state index contributed by atoms with van der Waals surface area (Å²) in [6.07, 6.45) is 0. The molecule has 1 N–H and O–H groups in total. The van der Waals surface area contributed by atoms with Crippen LogP contribution in [0.3, 0.4) is 0 Å². The van der Waals surface area contributed by atoms with Crippen molar-refractivity contribution in [2.45, 2.75) is 0 Å². The maximum atomic E-state index is 5.63. The molecule has 1 aromatic rings. The standard InChI is InChI=1S/C7H9ClNP/c1-9-6-2-4-7(10-8)5-3-6/h2-5,9-10H,1H3. The summed E-state index contributed by atoms with van der Waals surface area (Å²) < 4.78 is 0. The van der Waals surface area contributed by atoms with Gasteiger partial charge in [-0.05, 0) is 17.4 Å². The Bertz CT molecular complexity index is 174. The van der Waals surface area contributed by atoms with Gasteiger partial charge in [0.1, 0.15) is 0 Å². The summed E-state index contributed by atoms with van der Waals surface area (Å²) in [6.45, 7) is 0. The van der Waals surface area contributed by atoms with E-state index in [0.29, 0.717) is 7.93 Å². The first-order chi connectivity index (χ1) is 4.86. The summed E-state index contributed by atoms with van der Waals surface area (Å²) in [4.78, 5) is 0. The summed E-state index contributed by atoms with van der Waals surface area (Å²) in [7, 11) is 2.27. The SMILES string of the molecule is CNc1ccc(PCl)cc1. The lowest BCUT2D eigenvalue weighted by Crippen LogP contribution is -1.92. The second kappa shape index (κ2) is 3.80. The van der Waals surface area contributed by atoms with E-state index in [-0.39, 0.29) is 0 Å². The lowest BCUT2D eigenvalue weighted by Gasteiger charge is -1.98. The first kappa shape index (κ1) is 7.84. The minimum absolute atomic E-state index is 0.372. The number of anilines is 1. The summed E-state index contributed by atoms with van der Waals surface area (Å²) in [5.74, 6) is 0. The molecule has 0 aliphatic heterocycles. The number of nitrogens with one attached hydrogen (secondary N) is 1. The summed E-state index contributed by atoms with van der Waals surface area (Å²) in [5.41, 5.74) is 1.12. The summed E-state index contributed by atoms with van der Waals surface area (Å²) in [6, 6.07) is 8.09. The number of hydrogen-bond acceptors (Lipinski definition) is 1. The average Bonchev–Trinajstić information content (AvgIpc) is 2.05. The van der Waals surface area contributed by atoms with Crippen LogP contribution in [-0.2, 0) is 0 Å². The number of hydrogen-bond donors (Lipinski definition) is 1. The van der Waals surface area contributed by atoms with Crippen molar-refractivity contribution < 1.29 is 0 Å². The van der Waals surface area contributed by atoms with E-state index >= 15 is 0 Å². The third-order valence-corrected chi connectivity index (χ3v) is 2.49. The van der Waals surface area contributed by atoms with Crippen LogP contribution < -0.4 is 10.6 Å². The third kappa shape index (κ3) is 1.86. The molecule has 1 atom stereocenters. The molecule has 0 saturated heterocycles. The number of rotatable bonds is 2. The zero-order chi connectivity index (χ0) is 7.40. The third-order valence-electron chi connectivity index (χ3n) is 1.28. The van der Waals surface area contributed by atoms with E-state index in [1.807, 2.05) is 31.3 Å². The highest BCUT2D eigenvalue weighted by molar-refractivity contribution is 7.74. The molecule has 0 bridgehead atoms. The first-order valence-corrected chi connectivity index (χ1v) is 5.02. The van der Waals surface area contributed by atoms with E-state index < -0.39 is 0 Å². The monoisotopic (exact) mass is 173 g/mol. The maximum Gasteiger partial charge on any atom is 0.0338 e. The van der Waals surface area contributed by atoms with Gasteiger partial charge in [0.05, 0.1) is 0 Å². The lowest BCUT2D eigenvalue weighted by atomic mass is 10.3. The van der Waals surface area contributed by atoms with Gasteiger partial charge in [-0.2, -0.15) is 0 Å². The zero-order valence-corrected chi connectivity index (χ0v) is 7.44. The van der Waals surface area contributed by atoms with Crippen molar-refractivity contribution >= 4 is 30.2 Å². The van der Waals surface area contributed by atoms with Crippen LogP contribution in [0.25, 0.3) is 0 Å². The quantitative estimate of drug-likeness (QED) is 0.676. The van der Waals surface area contributed by atoms with Gasteiger partial charge in [-0.3, -0.25) is 0 Å². The van der Waals surface area contributed by atoms with Crippen molar-refractivity contribution in [1.29, 1.82) is 0 Å². The molecule has 1 unspecified atom stereocenters. The van der Waals surface area contributed by atoms with Gasteiger partial charge in [-0.25, -0.2) is 0 Å². The van der Waals surface area contributed by atoms with E-state index in [2.05, 4.69) is 5.32 Å². The fraction of sp³-hybridized carbons (Fsp3) is 0.143. The Kier molecular flexibility index (Phi) is 2.98. The molecule has 0 amide bonds. The van der Waals surface area contributed by atoms with Crippen molar-refractivity contribution in [2.24, 2.45) is 0 Å². The predicted octanol–water partition coefficient (Wildman–Crippen LogP) is 2.19. The van der Waals surface area contributed by atoms with Gasteiger partial charge in [0.15, 0.2) is 0 Å². The maximum absolute atomic E-state index is 5.63. The van der Waals surface area contributed by atoms with Gasteiger partial charge >= 0.3 is 0 Å². The van der Waals surface area contributed by atoms with Crippen molar-refractivity contribution in [3.63, 3.8) is 0 Å². The topological polar surface area (TPSA) is 12.0 Å². The first-order valence-electron chi connectivity index (χ1n) is 3.01. The van der Waals surface area contributed by atoms with Crippen molar-refractivity contribution in [2.75, 3.05) is 12.4 Å². The molecule has 0 saturated carbocycles. The fourth-order valence-electron chi connectivity index (χ4n) is 0.700. The molecule has 1 rings (SSSR count). The predicted molar refractivity (Wildman–Crippen MR) is 49.8 cm³/mol. The number of halogens is 1. The number of benzene rings is 1. The summed E-state index contributed by atoms with van der Waals surface area (Å²) in [5, 5.41) is 4.22. The average molecular weight is 174 g/mol. The molecular formula is C7H9ClNP. The molecule has 54 valence electrons. The van der Waals surface area contributed by atoms with E-state index in [1.165, 1.54) is 5.30 Å². The minimum Gasteiger partial charge on any atom is -0.388 e. The smallest absolute Gasteiger partial charge is 0.0338 e. The molecule has 1 nitrogen and oxygen atoms in total. The van der Waals surface area contributed by atoms with Crippen LogP contribution >= 0.6 is 19.2 Å². The molecule has 0 aliphatic carbocycles. The molecule has 10 heavy (non-hydrogen) atoms. The Labute approximate surface area is 67.4 Å². The lowest BCUT2D eigenvalue weighted by molar-refractivity contribution is 1.53. The van der Waals surface area contributed by atoms with Gasteiger partial charge in [-0.15, -0.1) is 0 Å². The van der Waals surface area contributed by atoms with Crippen LogP contribution in [0.1, 0.15) is 0 Å². The van der Waals surface area contributed by atoms with Crippen molar-refractivity contribution in [3.05, 3.63) is 24.3 Å². The van der Waals surface area contributed by atoms with E-state index in [0.717, 1.165) is 5.69 Å². The van der Waals surface area contributed by atoms with Crippen LogP contribution in [0, 0.1) is 0 Å². The Balaban J connectivity index is 2.80. The van der Waals surface area contributed by atoms with Crippen LogP contribution in [-0.4, -0.2) is 7.05 Å². The Hall–Kier alpha value is -0.260. The second-order valence-electron chi connectivity index (χ2n) is 1.92. The Morgan fingerprint density at radius 2 is 1.90 bits per heavy atom. The molecule has 0 fully saturated rings. The van der Waals surface area contributed by atoms with Crippen LogP contribution in [0.2, 0.25) is 0 Å². The molecule has 0 spiro atoms. The molecule has 0 aromatic heterocycles. The minimum atomic E-state index is 0.372. The largest absolute Gasteiger partial charge is 0.388 e. The van der Waals surface area contributed by atoms with Gasteiger partial charge < -0.3 is 5.32 Å². The highest BCUT2D eigenvalue weighted by atomic mass is 35.7. The zero-order valence-electron chi connectivity index (χ0n) is 5.69. The normalized spacial score (nSPS) is 10.6. The molecule has 0 radical (unpaired) electrons. The highest BCUT2D eigenvalue weighted by Crippen LogP contribution is 2.16. The van der Waals surface area contributed by atoms with Gasteiger partial charge in [0.2, 0.25) is 0 Å². The van der Waals surface area contributed by atoms with E-state index in [4.69, 9.17) is 11.2 Å². The van der Waals surface area contributed by atoms with Gasteiger partial charge in [-0.1, -0.05) is 23.4 Å². The van der Waals surface area contributed by atoms with E-state index in [1.54, 1.807) is 0 Å². The molecule has 0 aliphatic rings. The highest BCUT2D eigenvalue weighted by Gasteiger charge is 1.88. The molecule has 3 heteroatoms. The van der Waals surface area contributed by atoms with Gasteiger partial charge in [0, 0.05) is 20.7 Å². The second-order valence-corrected chi connectivity index (χ2v) is 3.26. The van der Waals surface area contributed by atoms with Crippen LogP contribution in [0.15, 0.2) is 24.3 Å². The van der Waals surface area contributed by atoms with Crippen LogP contribution in [0.5, 0.6) is 0 Å². The molecule has 1 aromatic carbocycles. The van der Waals surface area contributed by atoms with Crippen LogP contribution in [0.4, 0.5) is 5.69 Å². The molecule has 0 heterocycles. The summed E-state index contributed by atoms with van der Waals surface area (Å²) >= 11 is 5.63. The van der Waals surface area contributed by atoms with Crippen molar-refractivity contribution in [1.82, 2.24) is 0 Å². The Morgan fingerprint density at radius 1 is 1.30 bits per heavy atom.